The summed E-state index contributed by atoms with van der Waals surface area (Å²) in [6.07, 6.45) is 2.57. The number of cyclic esters (lactones) is 1. The van der Waals surface area contributed by atoms with E-state index in [2.05, 4.69) is 9.70 Å². The molecule has 1 aliphatic heterocycles. The predicted molar refractivity (Wildman–Crippen MR) is 143 cm³/mol. The monoisotopic (exact) mass is 531 g/mol. The van der Waals surface area contributed by atoms with Gasteiger partial charge in [0.05, 0.1) is 10.9 Å². The molecule has 0 saturated carbocycles. The van der Waals surface area contributed by atoms with E-state index < -0.39 is 39.8 Å². The molecule has 2 N–H and O–H groups in total. The molecule has 0 spiro atoms. The highest BCUT2D eigenvalue weighted by molar-refractivity contribution is 7.89. The first-order chi connectivity index (χ1) is 18.3. The number of hydrogen-bond donors (Lipinski definition) is 2. The number of carbonyl (C=O) groups is 1. The van der Waals surface area contributed by atoms with Gasteiger partial charge in [-0.25, -0.2) is 18.1 Å². The Balaban J connectivity index is 1.72. The van der Waals surface area contributed by atoms with Crippen LogP contribution in [0.3, 0.4) is 0 Å². The zero-order valence-corrected chi connectivity index (χ0v) is 21.5. The molecule has 0 aliphatic carbocycles. The highest BCUT2D eigenvalue weighted by atomic mass is 32.2. The summed E-state index contributed by atoms with van der Waals surface area (Å²) >= 11 is 0. The number of amides is 1. The minimum absolute atomic E-state index is 0.00386. The summed E-state index contributed by atoms with van der Waals surface area (Å²) in [6.45, 7) is 1.83. The number of aryl methyl sites for hydroxylation is 1. The molecule has 3 aromatic rings. The molecule has 10 heteroatoms. The number of benzene rings is 3. The van der Waals surface area contributed by atoms with E-state index >= 15 is 0 Å². The molecule has 1 heterocycles. The quantitative estimate of drug-likeness (QED) is 0.296. The van der Waals surface area contributed by atoms with Gasteiger partial charge in [0.15, 0.2) is 11.0 Å². The van der Waals surface area contributed by atoms with E-state index in [4.69, 9.17) is 4.74 Å². The number of aliphatic hydroxyl groups is 1. The predicted octanol–water partition coefficient (Wildman–Crippen LogP) is 5.00. The first kappa shape index (κ1) is 26.6. The molecule has 4 rings (SSSR count). The van der Waals surface area contributed by atoms with Crippen LogP contribution in [0.5, 0.6) is 0 Å². The summed E-state index contributed by atoms with van der Waals surface area (Å²) in [7, 11) is -4.12. The minimum atomic E-state index is -4.12. The van der Waals surface area contributed by atoms with Crippen molar-refractivity contribution in [1.82, 2.24) is 9.62 Å². The van der Waals surface area contributed by atoms with Crippen LogP contribution in [0, 0.1) is 12.3 Å². The third kappa shape index (κ3) is 6.26. The molecular weight excluding hydrogens is 504 g/mol. The first-order valence-corrected chi connectivity index (χ1v) is 13.4. The zero-order chi connectivity index (χ0) is 27.1. The Morgan fingerprint density at radius 3 is 2.37 bits per heavy atom. The minimum Gasteiger partial charge on any atom is -0.489 e. The van der Waals surface area contributed by atoms with Crippen LogP contribution in [0.25, 0.3) is 11.1 Å². The fourth-order valence-corrected chi connectivity index (χ4v) is 5.19. The Hall–Kier alpha value is -4.46. The Morgan fingerprint density at radius 1 is 1.11 bits per heavy atom. The normalized spacial score (nSPS) is 17.1. The number of carbonyl (C=O) groups excluding carboxylic acids is 1. The summed E-state index contributed by atoms with van der Waals surface area (Å²) in [4.78, 5) is 16.8. The molecule has 9 nitrogen and oxygen atoms in total. The number of sulfonamides is 1. The van der Waals surface area contributed by atoms with Crippen molar-refractivity contribution < 1.29 is 23.1 Å². The molecule has 1 fully saturated rings. The number of aliphatic hydroxyl groups excluding tert-OH is 1. The molecule has 194 valence electrons. The smallest absolute Gasteiger partial charge is 0.442 e. The Morgan fingerprint density at radius 2 is 1.74 bits per heavy atom. The second-order valence-electron chi connectivity index (χ2n) is 8.78. The summed E-state index contributed by atoms with van der Waals surface area (Å²) in [5.74, 6) is -0.717. The number of nitrogens with zero attached hydrogens (tertiary/aromatic N) is 3. The molecule has 3 aromatic carbocycles. The maximum absolute atomic E-state index is 13.2. The standard InChI is InChI=1S/C28H26N4O5S/c1-20-12-15-24(16-13-20)38(35,36)31-25(17-14-21-8-4-2-5-9-21)26(30-29)27(33)32-23(19-37-28(32)34)18-22-10-6-3-7-11-22/h2-17,23,25,31H,18-19H2,1H3/p+1/b17-14+,27-26+/t23-,25+/m0/s1. The van der Waals surface area contributed by atoms with Gasteiger partial charge >= 0.3 is 11.8 Å². The van der Waals surface area contributed by atoms with Gasteiger partial charge in [-0.15, -0.1) is 0 Å². The van der Waals surface area contributed by atoms with Gasteiger partial charge < -0.3 is 9.84 Å². The number of rotatable bonds is 9. The highest BCUT2D eigenvalue weighted by Crippen LogP contribution is 2.26. The van der Waals surface area contributed by atoms with Crippen molar-refractivity contribution in [3.63, 3.8) is 0 Å². The lowest BCUT2D eigenvalue weighted by Crippen LogP contribution is -2.39. The van der Waals surface area contributed by atoms with Gasteiger partial charge in [-0.3, -0.25) is 0 Å². The average molecular weight is 532 g/mol. The van der Waals surface area contributed by atoms with Gasteiger partial charge in [-0.05, 0) is 36.6 Å². The molecule has 0 unspecified atom stereocenters. The Bertz CT molecular complexity index is 1480. The number of nitrogens with one attached hydrogen (secondary N) is 1. The molecule has 0 aromatic heterocycles. The topological polar surface area (TPSA) is 124 Å². The third-order valence-electron chi connectivity index (χ3n) is 6.03. The fourth-order valence-electron chi connectivity index (χ4n) is 4.04. The van der Waals surface area contributed by atoms with Crippen LogP contribution in [0.15, 0.2) is 107 Å². The summed E-state index contributed by atoms with van der Waals surface area (Å²) in [5.41, 5.74) is 2.05. The van der Waals surface area contributed by atoms with Gasteiger partial charge in [0.2, 0.25) is 15.4 Å². The van der Waals surface area contributed by atoms with Crippen molar-refractivity contribution in [2.75, 3.05) is 6.61 Å². The van der Waals surface area contributed by atoms with Gasteiger partial charge in [0.1, 0.15) is 6.61 Å². The highest BCUT2D eigenvalue weighted by Gasteiger charge is 2.43. The van der Waals surface area contributed by atoms with E-state index in [1.54, 1.807) is 30.3 Å². The molecule has 1 amide bonds. The Labute approximate surface area is 221 Å². The summed E-state index contributed by atoms with van der Waals surface area (Å²) in [6, 6.07) is 22.6. The third-order valence-corrected chi connectivity index (χ3v) is 7.49. The molecule has 1 aliphatic rings. The van der Waals surface area contributed by atoms with Gasteiger partial charge in [-0.2, -0.15) is 4.72 Å². The summed E-state index contributed by atoms with van der Waals surface area (Å²) < 4.78 is 34.1. The number of hydrogen-bond acceptors (Lipinski definition) is 6. The van der Waals surface area contributed by atoms with Crippen molar-refractivity contribution in [2.24, 2.45) is 0 Å². The largest absolute Gasteiger partial charge is 0.489 e. The first-order valence-electron chi connectivity index (χ1n) is 11.9. The lowest BCUT2D eigenvalue weighted by atomic mass is 10.1. The van der Waals surface area contributed by atoms with Crippen LogP contribution in [-0.2, 0) is 21.2 Å². The van der Waals surface area contributed by atoms with E-state index in [1.807, 2.05) is 55.5 Å². The van der Waals surface area contributed by atoms with Crippen molar-refractivity contribution in [2.45, 2.75) is 30.3 Å². The fraction of sp³-hybridized carbons (Fsp3) is 0.179. The van der Waals surface area contributed by atoms with E-state index in [9.17, 15) is 23.7 Å². The van der Waals surface area contributed by atoms with Crippen LogP contribution in [0.1, 0.15) is 16.7 Å². The van der Waals surface area contributed by atoms with Gasteiger partial charge in [-0.1, -0.05) is 90.5 Å². The van der Waals surface area contributed by atoms with Crippen molar-refractivity contribution >= 4 is 22.2 Å². The average Bonchev–Trinajstić information content (AvgIpc) is 3.28. The van der Waals surface area contributed by atoms with Gasteiger partial charge in [0.25, 0.3) is 5.88 Å². The molecule has 38 heavy (non-hydrogen) atoms. The van der Waals surface area contributed by atoms with Crippen LogP contribution in [0.4, 0.5) is 4.79 Å². The molecular formula is C28H27N4O5S+. The SMILES string of the molecule is Cc1ccc(S(=O)(=O)N[C@H](/C=C/c2ccccc2)/C([N+]#N)=C(\O)N2C(=O)OC[C@@H]2Cc2ccccc2)cc1. The second kappa shape index (κ2) is 11.7. The maximum Gasteiger partial charge on any atom is 0.442 e. The number of ether oxygens (including phenoxy) is 1. The summed E-state index contributed by atoms with van der Waals surface area (Å²) in [5, 5.41) is 21.1. The molecule has 0 radical (unpaired) electrons. The van der Waals surface area contributed by atoms with E-state index in [-0.39, 0.29) is 11.5 Å². The lowest BCUT2D eigenvalue weighted by Gasteiger charge is -2.20. The Kier molecular flexibility index (Phi) is 8.21. The second-order valence-corrected chi connectivity index (χ2v) is 10.5. The van der Waals surface area contributed by atoms with Crippen LogP contribution in [-0.4, -0.2) is 43.2 Å². The molecule has 1 saturated heterocycles. The van der Waals surface area contributed by atoms with Crippen LogP contribution in [0.2, 0.25) is 0 Å². The van der Waals surface area contributed by atoms with E-state index in [1.165, 1.54) is 18.2 Å². The maximum atomic E-state index is 13.2. The molecule has 0 bridgehead atoms. The van der Waals surface area contributed by atoms with Crippen LogP contribution >= 0.6 is 0 Å². The van der Waals surface area contributed by atoms with Crippen molar-refractivity contribution in [3.8, 4) is 0 Å². The van der Waals surface area contributed by atoms with E-state index in [0.29, 0.717) is 6.42 Å². The molecule has 2 atom stereocenters. The van der Waals surface area contributed by atoms with E-state index in [0.717, 1.165) is 21.6 Å². The van der Waals surface area contributed by atoms with Crippen LogP contribution < -0.4 is 4.72 Å². The van der Waals surface area contributed by atoms with Gasteiger partial charge in [0, 0.05) is 0 Å². The van der Waals surface area contributed by atoms with Crippen molar-refractivity contribution in [1.29, 1.82) is 5.39 Å². The zero-order valence-electron chi connectivity index (χ0n) is 20.6. The van der Waals surface area contributed by atoms with Crippen molar-refractivity contribution in [3.05, 3.63) is 124 Å². The number of diazo groups is 1. The lowest BCUT2D eigenvalue weighted by molar-refractivity contribution is 0.148.